The highest BCUT2D eigenvalue weighted by atomic mass is 35.5. The first-order valence-corrected chi connectivity index (χ1v) is 5.75. The summed E-state index contributed by atoms with van der Waals surface area (Å²) in [6.45, 7) is 12.2. The van der Waals surface area contributed by atoms with Gasteiger partial charge in [-0.3, -0.25) is 0 Å². The van der Waals surface area contributed by atoms with Crippen LogP contribution in [0.25, 0.3) is 0 Å². The molecule has 0 spiro atoms. The minimum atomic E-state index is 0.175. The molecule has 0 aliphatic rings. The molecule has 2 atom stereocenters. The molecule has 0 aromatic rings. The highest BCUT2D eigenvalue weighted by Crippen LogP contribution is 2.28. The largest absolute Gasteiger partial charge is 0.499 e. The van der Waals surface area contributed by atoms with Crippen molar-refractivity contribution in [2.75, 3.05) is 0 Å². The van der Waals surface area contributed by atoms with Crippen LogP contribution in [0.15, 0.2) is 12.8 Å². The van der Waals surface area contributed by atoms with E-state index in [9.17, 15) is 0 Å². The molecule has 84 valence electrons. The Balaban J connectivity index is 3.84. The summed E-state index contributed by atoms with van der Waals surface area (Å²) in [5.74, 6) is 0. The van der Waals surface area contributed by atoms with Crippen molar-refractivity contribution in [3.05, 3.63) is 12.8 Å². The summed E-state index contributed by atoms with van der Waals surface area (Å²) in [5, 5.41) is 0.213. The molecule has 0 aliphatic carbocycles. The Kier molecular flexibility index (Phi) is 6.26. The number of alkyl halides is 1. The maximum Gasteiger partial charge on any atom is 0.0976 e. The molecule has 2 heteroatoms. The summed E-state index contributed by atoms with van der Waals surface area (Å²) < 4.78 is 5.36. The second kappa shape index (κ2) is 6.34. The summed E-state index contributed by atoms with van der Waals surface area (Å²) in [4.78, 5) is 0. The molecule has 0 heterocycles. The zero-order valence-corrected chi connectivity index (χ0v) is 10.6. The topological polar surface area (TPSA) is 9.23 Å². The van der Waals surface area contributed by atoms with E-state index < -0.39 is 0 Å². The molecule has 0 saturated heterocycles. The van der Waals surface area contributed by atoms with E-state index in [1.807, 2.05) is 0 Å². The predicted molar refractivity (Wildman–Crippen MR) is 63.7 cm³/mol. The van der Waals surface area contributed by atoms with E-state index in [4.69, 9.17) is 16.3 Å². The van der Waals surface area contributed by atoms with Crippen LogP contribution < -0.4 is 0 Å². The fraction of sp³-hybridized carbons (Fsp3) is 0.833. The average molecular weight is 219 g/mol. The van der Waals surface area contributed by atoms with Crippen LogP contribution in [-0.4, -0.2) is 11.5 Å². The SMILES string of the molecule is C=COC(CC)CCC(Cl)C(C)(C)C. The molecule has 14 heavy (non-hydrogen) atoms. The Hall–Kier alpha value is -0.170. The predicted octanol–water partition coefficient (Wildman–Crippen LogP) is 4.36. The van der Waals surface area contributed by atoms with Crippen LogP contribution in [0.4, 0.5) is 0 Å². The lowest BCUT2D eigenvalue weighted by atomic mass is 9.88. The van der Waals surface area contributed by atoms with Crippen LogP contribution in [0.2, 0.25) is 0 Å². The van der Waals surface area contributed by atoms with Gasteiger partial charge in [0, 0.05) is 5.38 Å². The zero-order valence-electron chi connectivity index (χ0n) is 9.85. The van der Waals surface area contributed by atoms with Crippen molar-refractivity contribution in [3.63, 3.8) is 0 Å². The van der Waals surface area contributed by atoms with Crippen LogP contribution in [0.1, 0.15) is 47.0 Å². The van der Waals surface area contributed by atoms with Gasteiger partial charge in [0.05, 0.1) is 12.4 Å². The Morgan fingerprint density at radius 2 is 1.93 bits per heavy atom. The van der Waals surface area contributed by atoms with Crippen LogP contribution in [0, 0.1) is 5.41 Å². The van der Waals surface area contributed by atoms with E-state index in [-0.39, 0.29) is 16.9 Å². The zero-order chi connectivity index (χ0) is 11.2. The molecule has 0 N–H and O–H groups in total. The van der Waals surface area contributed by atoms with E-state index in [0.717, 1.165) is 19.3 Å². The van der Waals surface area contributed by atoms with Gasteiger partial charge in [-0.25, -0.2) is 0 Å². The monoisotopic (exact) mass is 218 g/mol. The van der Waals surface area contributed by atoms with Crippen LogP contribution >= 0.6 is 11.6 Å². The first kappa shape index (κ1) is 13.8. The minimum Gasteiger partial charge on any atom is -0.499 e. The Morgan fingerprint density at radius 3 is 2.29 bits per heavy atom. The summed E-state index contributed by atoms with van der Waals surface area (Å²) in [6, 6.07) is 0. The number of hydrogen-bond donors (Lipinski definition) is 0. The second-order valence-corrected chi connectivity index (χ2v) is 5.27. The molecule has 0 rings (SSSR count). The number of halogens is 1. The van der Waals surface area contributed by atoms with Crippen LogP contribution in [0.5, 0.6) is 0 Å². The summed E-state index contributed by atoms with van der Waals surface area (Å²) in [5.41, 5.74) is 0.175. The number of rotatable bonds is 6. The normalized spacial score (nSPS) is 16.1. The van der Waals surface area contributed by atoms with Crippen LogP contribution in [-0.2, 0) is 4.74 Å². The quantitative estimate of drug-likeness (QED) is 0.476. The fourth-order valence-corrected chi connectivity index (χ4v) is 1.40. The molecule has 0 amide bonds. The van der Waals surface area contributed by atoms with Crippen molar-refractivity contribution >= 4 is 11.6 Å². The van der Waals surface area contributed by atoms with Crippen molar-refractivity contribution in [2.45, 2.75) is 58.4 Å². The molecule has 0 fully saturated rings. The van der Waals surface area contributed by atoms with Crippen molar-refractivity contribution in [1.29, 1.82) is 0 Å². The molecule has 0 aromatic heterocycles. The van der Waals surface area contributed by atoms with Gasteiger partial charge >= 0.3 is 0 Å². The number of hydrogen-bond acceptors (Lipinski definition) is 1. The maximum absolute atomic E-state index is 6.28. The summed E-state index contributed by atoms with van der Waals surface area (Å²) >= 11 is 6.28. The lowest BCUT2D eigenvalue weighted by Gasteiger charge is -2.26. The van der Waals surface area contributed by atoms with E-state index in [1.54, 1.807) is 0 Å². The van der Waals surface area contributed by atoms with Crippen molar-refractivity contribution in [3.8, 4) is 0 Å². The van der Waals surface area contributed by atoms with Gasteiger partial charge in [0.2, 0.25) is 0 Å². The molecule has 0 saturated carbocycles. The molecule has 1 nitrogen and oxygen atoms in total. The third kappa shape index (κ3) is 5.54. The van der Waals surface area contributed by atoms with Gasteiger partial charge in [0.1, 0.15) is 0 Å². The minimum absolute atomic E-state index is 0.175. The molecule has 0 bridgehead atoms. The van der Waals surface area contributed by atoms with E-state index in [0.29, 0.717) is 0 Å². The molecular formula is C12H23ClO. The van der Waals surface area contributed by atoms with E-state index >= 15 is 0 Å². The molecule has 0 aromatic carbocycles. The van der Waals surface area contributed by atoms with Crippen molar-refractivity contribution < 1.29 is 4.74 Å². The second-order valence-electron chi connectivity index (χ2n) is 4.74. The molecule has 0 radical (unpaired) electrons. The van der Waals surface area contributed by atoms with Gasteiger partial charge in [-0.15, -0.1) is 11.6 Å². The highest BCUT2D eigenvalue weighted by Gasteiger charge is 2.22. The van der Waals surface area contributed by atoms with Gasteiger partial charge in [-0.2, -0.15) is 0 Å². The molecular weight excluding hydrogens is 196 g/mol. The molecule has 2 unspecified atom stereocenters. The lowest BCUT2D eigenvalue weighted by molar-refractivity contribution is 0.126. The number of ether oxygens (including phenoxy) is 1. The highest BCUT2D eigenvalue weighted by molar-refractivity contribution is 6.21. The van der Waals surface area contributed by atoms with Gasteiger partial charge in [-0.05, 0) is 24.7 Å². The van der Waals surface area contributed by atoms with Crippen molar-refractivity contribution in [1.82, 2.24) is 0 Å². The van der Waals surface area contributed by atoms with Gasteiger partial charge in [-0.1, -0.05) is 34.3 Å². The standard InChI is InChI=1S/C12H23ClO/c1-6-10(14-7-2)8-9-11(13)12(3,4)5/h7,10-11H,2,6,8-9H2,1,3-5H3. The first-order chi connectivity index (χ1) is 6.41. The maximum atomic E-state index is 6.28. The smallest absolute Gasteiger partial charge is 0.0976 e. The third-order valence-electron chi connectivity index (χ3n) is 2.43. The Morgan fingerprint density at radius 1 is 1.36 bits per heavy atom. The molecule has 0 aliphatic heterocycles. The average Bonchev–Trinajstić information content (AvgIpc) is 2.10. The first-order valence-electron chi connectivity index (χ1n) is 5.32. The van der Waals surface area contributed by atoms with Crippen LogP contribution in [0.3, 0.4) is 0 Å². The van der Waals surface area contributed by atoms with E-state index in [1.165, 1.54) is 6.26 Å². The lowest BCUT2D eigenvalue weighted by Crippen LogP contribution is -2.22. The summed E-state index contributed by atoms with van der Waals surface area (Å²) in [7, 11) is 0. The summed E-state index contributed by atoms with van der Waals surface area (Å²) in [6.07, 6.45) is 4.82. The Labute approximate surface area is 93.5 Å². The van der Waals surface area contributed by atoms with Gasteiger partial charge < -0.3 is 4.74 Å². The Bertz CT molecular complexity index is 160. The fourth-order valence-electron chi connectivity index (χ4n) is 1.27. The third-order valence-corrected chi connectivity index (χ3v) is 3.30. The van der Waals surface area contributed by atoms with Gasteiger partial charge in [0.25, 0.3) is 0 Å². The van der Waals surface area contributed by atoms with Gasteiger partial charge in [0.15, 0.2) is 0 Å². The van der Waals surface area contributed by atoms with Crippen molar-refractivity contribution in [2.24, 2.45) is 5.41 Å². The van der Waals surface area contributed by atoms with E-state index in [2.05, 4.69) is 34.3 Å².